The lowest BCUT2D eigenvalue weighted by atomic mass is 10.1. The number of nitrogens with zero attached hydrogens (tertiary/aromatic N) is 1. The molecule has 0 saturated carbocycles. The highest BCUT2D eigenvalue weighted by Crippen LogP contribution is 2.11. The number of aliphatic carboxylic acids is 1. The Labute approximate surface area is 150 Å². The number of imidazole rings is 1. The Morgan fingerprint density at radius 1 is 0.920 bits per heavy atom. The molecule has 0 spiro atoms. The molecule has 0 fully saturated rings. The fourth-order valence-corrected chi connectivity index (χ4v) is 2.68. The number of H-pyrrole nitrogens is 1. The number of rotatable bonds is 15. The first-order valence-electron chi connectivity index (χ1n) is 9.44. The predicted octanol–water partition coefficient (Wildman–Crippen LogP) is 4.30. The van der Waals surface area contributed by atoms with Crippen molar-refractivity contribution in [1.82, 2.24) is 15.3 Å². The van der Waals surface area contributed by atoms with Crippen LogP contribution >= 0.6 is 0 Å². The number of carbonyl (C=O) groups excluding carboxylic acids is 1. The molecule has 0 saturated heterocycles. The summed E-state index contributed by atoms with van der Waals surface area (Å²) in [5.74, 6) is -0.229. The molecule has 0 aliphatic carbocycles. The van der Waals surface area contributed by atoms with Crippen LogP contribution in [0.25, 0.3) is 0 Å². The molecule has 0 unspecified atom stereocenters. The van der Waals surface area contributed by atoms with Crippen LogP contribution in [0, 0.1) is 0 Å². The highest BCUT2D eigenvalue weighted by atomic mass is 16.4. The molecule has 4 N–H and O–H groups in total. The maximum Gasteiger partial charge on any atom is 0.321 e. The van der Waals surface area contributed by atoms with E-state index in [0.717, 1.165) is 32.1 Å². The molecule has 1 aromatic heterocycles. The van der Waals surface area contributed by atoms with Gasteiger partial charge >= 0.3 is 12.0 Å². The summed E-state index contributed by atoms with van der Waals surface area (Å²) in [5.41, 5.74) is 0. The van der Waals surface area contributed by atoms with Gasteiger partial charge in [0.15, 0.2) is 0 Å². The lowest BCUT2D eigenvalue weighted by molar-refractivity contribution is -0.137. The predicted molar refractivity (Wildman–Crippen MR) is 98.6 cm³/mol. The number of hydrogen-bond donors (Lipinski definition) is 4. The molecule has 7 heteroatoms. The van der Waals surface area contributed by atoms with Crippen molar-refractivity contribution >= 4 is 17.9 Å². The highest BCUT2D eigenvalue weighted by molar-refractivity contribution is 5.87. The van der Waals surface area contributed by atoms with Crippen molar-refractivity contribution in [3.63, 3.8) is 0 Å². The SMILES string of the molecule is O=C(O)CCCCCCCCCCCCCNC(=O)Nc1ncc[nH]1. The van der Waals surface area contributed by atoms with E-state index in [4.69, 9.17) is 5.11 Å². The Morgan fingerprint density at radius 3 is 2.00 bits per heavy atom. The van der Waals surface area contributed by atoms with E-state index >= 15 is 0 Å². The number of carbonyl (C=O) groups is 2. The third-order valence-electron chi connectivity index (χ3n) is 4.08. The maximum atomic E-state index is 11.5. The standard InChI is InChI=1S/C18H32N4O3/c23-16(24)12-10-8-6-4-2-1-3-5-7-9-11-13-21-18(25)22-17-19-14-15-20-17/h14-15H,1-13H2,(H,23,24)(H3,19,20,21,22,25). The normalized spacial score (nSPS) is 10.6. The van der Waals surface area contributed by atoms with Crippen LogP contribution in [0.15, 0.2) is 12.4 Å². The second-order valence-electron chi connectivity index (χ2n) is 6.35. The third-order valence-corrected chi connectivity index (χ3v) is 4.08. The van der Waals surface area contributed by atoms with Crippen molar-refractivity contribution in [3.05, 3.63) is 12.4 Å². The topological polar surface area (TPSA) is 107 Å². The Bertz CT molecular complexity index is 463. The number of carboxylic acid groups (broad SMARTS) is 1. The van der Waals surface area contributed by atoms with Gasteiger partial charge in [0.25, 0.3) is 0 Å². The number of hydrogen-bond acceptors (Lipinski definition) is 3. The van der Waals surface area contributed by atoms with Crippen LogP contribution in [0.1, 0.15) is 77.0 Å². The molecule has 0 atom stereocenters. The average molecular weight is 352 g/mol. The number of aromatic amines is 1. The molecule has 0 aromatic carbocycles. The molecule has 0 aliphatic rings. The van der Waals surface area contributed by atoms with Gasteiger partial charge in [0.05, 0.1) is 0 Å². The van der Waals surface area contributed by atoms with Gasteiger partial charge in [0.1, 0.15) is 0 Å². The van der Waals surface area contributed by atoms with Gasteiger partial charge < -0.3 is 15.4 Å². The van der Waals surface area contributed by atoms with Crippen LogP contribution in [0.2, 0.25) is 0 Å². The largest absolute Gasteiger partial charge is 0.481 e. The average Bonchev–Trinajstić information content (AvgIpc) is 3.07. The Morgan fingerprint density at radius 2 is 1.48 bits per heavy atom. The van der Waals surface area contributed by atoms with E-state index in [1.54, 1.807) is 12.4 Å². The third kappa shape index (κ3) is 13.0. The first-order chi connectivity index (χ1) is 12.2. The van der Waals surface area contributed by atoms with Crippen LogP contribution in [-0.4, -0.2) is 33.6 Å². The Balaban J connectivity index is 1.76. The highest BCUT2D eigenvalue weighted by Gasteiger charge is 2.01. The quantitative estimate of drug-likeness (QED) is 0.353. The van der Waals surface area contributed by atoms with E-state index in [2.05, 4.69) is 20.6 Å². The number of carboxylic acids is 1. The van der Waals surface area contributed by atoms with E-state index < -0.39 is 5.97 Å². The summed E-state index contributed by atoms with van der Waals surface area (Å²) >= 11 is 0. The lowest BCUT2D eigenvalue weighted by Crippen LogP contribution is -2.29. The fourth-order valence-electron chi connectivity index (χ4n) is 2.68. The van der Waals surface area contributed by atoms with Crippen molar-refractivity contribution in [1.29, 1.82) is 0 Å². The second-order valence-corrected chi connectivity index (χ2v) is 6.35. The number of anilines is 1. The van der Waals surface area contributed by atoms with Gasteiger partial charge in [-0.25, -0.2) is 9.78 Å². The van der Waals surface area contributed by atoms with Crippen LogP contribution in [0.4, 0.5) is 10.7 Å². The minimum absolute atomic E-state index is 0.224. The van der Waals surface area contributed by atoms with Crippen LogP contribution in [0.3, 0.4) is 0 Å². The smallest absolute Gasteiger partial charge is 0.321 e. The Kier molecular flexibility index (Phi) is 12.0. The van der Waals surface area contributed by atoms with Gasteiger partial charge in [0.2, 0.25) is 5.95 Å². The van der Waals surface area contributed by atoms with Crippen LogP contribution < -0.4 is 10.6 Å². The molecule has 0 bridgehead atoms. The molecule has 0 radical (unpaired) electrons. The lowest BCUT2D eigenvalue weighted by Gasteiger charge is -2.05. The zero-order chi connectivity index (χ0) is 18.2. The second kappa shape index (κ2) is 14.3. The molecule has 0 aliphatic heterocycles. The van der Waals surface area contributed by atoms with Crippen molar-refractivity contribution in [2.45, 2.75) is 77.0 Å². The van der Waals surface area contributed by atoms with Crippen LogP contribution in [0.5, 0.6) is 0 Å². The maximum absolute atomic E-state index is 11.5. The molecular weight excluding hydrogens is 320 g/mol. The van der Waals surface area contributed by atoms with Gasteiger partial charge in [-0.05, 0) is 12.8 Å². The Hall–Kier alpha value is -2.05. The molecule has 1 heterocycles. The molecule has 25 heavy (non-hydrogen) atoms. The summed E-state index contributed by atoms with van der Waals surface area (Å²) in [7, 11) is 0. The number of nitrogens with one attached hydrogen (secondary N) is 3. The van der Waals surface area contributed by atoms with E-state index in [9.17, 15) is 9.59 Å². The fraction of sp³-hybridized carbons (Fsp3) is 0.722. The molecule has 1 rings (SSSR count). The summed E-state index contributed by atoms with van der Waals surface area (Å²) in [5, 5.41) is 14.0. The monoisotopic (exact) mass is 352 g/mol. The van der Waals surface area contributed by atoms with E-state index in [1.165, 1.54) is 38.5 Å². The number of aromatic nitrogens is 2. The first kappa shape index (κ1) is 21.0. The molecule has 2 amide bonds. The van der Waals surface area contributed by atoms with E-state index in [-0.39, 0.29) is 6.03 Å². The summed E-state index contributed by atoms with van der Waals surface area (Å²) in [6.07, 6.45) is 16.1. The first-order valence-corrected chi connectivity index (χ1v) is 9.44. The van der Waals surface area contributed by atoms with E-state index in [0.29, 0.717) is 18.9 Å². The minimum Gasteiger partial charge on any atom is -0.481 e. The van der Waals surface area contributed by atoms with Crippen LogP contribution in [-0.2, 0) is 4.79 Å². The zero-order valence-corrected chi connectivity index (χ0v) is 15.1. The summed E-state index contributed by atoms with van der Waals surface area (Å²) in [6.45, 7) is 0.683. The number of unbranched alkanes of at least 4 members (excludes halogenated alkanes) is 10. The van der Waals surface area contributed by atoms with Gasteiger partial charge in [-0.2, -0.15) is 0 Å². The molecule has 142 valence electrons. The molecule has 7 nitrogen and oxygen atoms in total. The van der Waals surface area contributed by atoms with Gasteiger partial charge in [0, 0.05) is 25.4 Å². The minimum atomic E-state index is -0.687. The zero-order valence-electron chi connectivity index (χ0n) is 15.1. The van der Waals surface area contributed by atoms with Crippen molar-refractivity contribution < 1.29 is 14.7 Å². The van der Waals surface area contributed by atoms with E-state index in [1.807, 2.05) is 0 Å². The van der Waals surface area contributed by atoms with Crippen molar-refractivity contribution in [3.8, 4) is 0 Å². The molecule has 1 aromatic rings. The van der Waals surface area contributed by atoms with Crippen molar-refractivity contribution in [2.24, 2.45) is 0 Å². The summed E-state index contributed by atoms with van der Waals surface area (Å²) in [6, 6.07) is -0.224. The number of urea groups is 1. The van der Waals surface area contributed by atoms with Gasteiger partial charge in [-0.1, -0.05) is 57.8 Å². The van der Waals surface area contributed by atoms with Gasteiger partial charge in [-0.3, -0.25) is 10.1 Å². The summed E-state index contributed by atoms with van der Waals surface area (Å²) in [4.78, 5) is 28.6. The van der Waals surface area contributed by atoms with Crippen molar-refractivity contribution in [2.75, 3.05) is 11.9 Å². The van der Waals surface area contributed by atoms with Gasteiger partial charge in [-0.15, -0.1) is 0 Å². The number of amides is 2. The summed E-state index contributed by atoms with van der Waals surface area (Å²) < 4.78 is 0. The molecular formula is C18H32N4O3.